The lowest BCUT2D eigenvalue weighted by Gasteiger charge is -2.02. The van der Waals surface area contributed by atoms with Crippen molar-refractivity contribution in [2.75, 3.05) is 11.1 Å². The van der Waals surface area contributed by atoms with Crippen molar-refractivity contribution in [1.82, 2.24) is 10.2 Å². The van der Waals surface area contributed by atoms with Crippen LogP contribution in [0.15, 0.2) is 27.0 Å². The molecule has 1 heterocycles. The molecule has 0 aliphatic heterocycles. The third kappa shape index (κ3) is 4.15. The lowest BCUT2D eigenvalue weighted by Crippen LogP contribution is -1.96. The van der Waals surface area contributed by atoms with Crippen LogP contribution in [0.25, 0.3) is 0 Å². The van der Waals surface area contributed by atoms with E-state index in [2.05, 4.69) is 31.4 Å². The number of carboxylic acids is 1. The Kier molecular flexibility index (Phi) is 4.72. The number of halogens is 2. The standard InChI is InChI=1S/C10H7BrFN3O2S2/c11-6-2-1-5(3-7(6)12)13-9-14-15-10(19-9)18-4-8(16)17/h1-3H,4H2,(H,13,14)(H,16,17). The number of hydrogen-bond donors (Lipinski definition) is 2. The van der Waals surface area contributed by atoms with E-state index in [0.717, 1.165) is 11.8 Å². The molecule has 2 N–H and O–H groups in total. The monoisotopic (exact) mass is 363 g/mol. The van der Waals surface area contributed by atoms with Crippen LogP contribution in [0.5, 0.6) is 0 Å². The molecule has 0 atom stereocenters. The van der Waals surface area contributed by atoms with Gasteiger partial charge in [0.05, 0.1) is 10.2 Å². The number of nitrogens with zero attached hydrogens (tertiary/aromatic N) is 2. The molecule has 0 unspecified atom stereocenters. The second-order valence-corrected chi connectivity index (χ2v) is 6.36. The third-order valence-electron chi connectivity index (χ3n) is 1.90. The summed E-state index contributed by atoms with van der Waals surface area (Å²) in [4.78, 5) is 10.4. The molecule has 2 aromatic rings. The summed E-state index contributed by atoms with van der Waals surface area (Å²) in [5, 5.41) is 19.6. The molecule has 5 nitrogen and oxygen atoms in total. The Morgan fingerprint density at radius 1 is 1.53 bits per heavy atom. The normalized spacial score (nSPS) is 10.4. The van der Waals surface area contributed by atoms with E-state index in [0.29, 0.717) is 19.6 Å². The summed E-state index contributed by atoms with van der Waals surface area (Å²) in [6.45, 7) is 0. The highest BCUT2D eigenvalue weighted by Gasteiger charge is 2.08. The minimum absolute atomic E-state index is 0.0679. The third-order valence-corrected chi connectivity index (χ3v) is 4.50. The van der Waals surface area contributed by atoms with Gasteiger partial charge in [-0.2, -0.15) is 0 Å². The Morgan fingerprint density at radius 3 is 3.00 bits per heavy atom. The molecule has 9 heteroatoms. The van der Waals surface area contributed by atoms with Crippen LogP contribution >= 0.6 is 39.0 Å². The number of aliphatic carboxylic acids is 1. The molecule has 0 amide bonds. The number of thioether (sulfide) groups is 1. The summed E-state index contributed by atoms with van der Waals surface area (Å²) in [7, 11) is 0. The SMILES string of the molecule is O=C(O)CSc1nnc(Nc2ccc(Br)c(F)c2)s1. The number of benzene rings is 1. The maximum Gasteiger partial charge on any atom is 0.313 e. The maximum absolute atomic E-state index is 13.3. The minimum atomic E-state index is -0.912. The van der Waals surface area contributed by atoms with Crippen molar-refractivity contribution in [2.24, 2.45) is 0 Å². The first-order valence-electron chi connectivity index (χ1n) is 4.95. The first-order valence-corrected chi connectivity index (χ1v) is 7.54. The molecule has 0 saturated carbocycles. The van der Waals surface area contributed by atoms with Crippen LogP contribution in [-0.4, -0.2) is 27.0 Å². The summed E-state index contributed by atoms with van der Waals surface area (Å²) in [5.74, 6) is -1.36. The average molecular weight is 364 g/mol. The van der Waals surface area contributed by atoms with E-state index in [9.17, 15) is 9.18 Å². The Labute approximate surface area is 124 Å². The minimum Gasteiger partial charge on any atom is -0.481 e. The van der Waals surface area contributed by atoms with Crippen molar-refractivity contribution >= 4 is 55.8 Å². The van der Waals surface area contributed by atoms with Crippen molar-refractivity contribution < 1.29 is 14.3 Å². The topological polar surface area (TPSA) is 75.1 Å². The first kappa shape index (κ1) is 14.2. The molecule has 0 bridgehead atoms. The van der Waals surface area contributed by atoms with Gasteiger partial charge in [-0.25, -0.2) is 4.39 Å². The van der Waals surface area contributed by atoms with Gasteiger partial charge in [0, 0.05) is 5.69 Å². The van der Waals surface area contributed by atoms with Gasteiger partial charge in [0.25, 0.3) is 0 Å². The average Bonchev–Trinajstić information content (AvgIpc) is 2.79. The van der Waals surface area contributed by atoms with Crippen LogP contribution in [-0.2, 0) is 4.79 Å². The first-order chi connectivity index (χ1) is 9.04. The molecule has 19 heavy (non-hydrogen) atoms. The van der Waals surface area contributed by atoms with Gasteiger partial charge in [-0.1, -0.05) is 23.1 Å². The highest BCUT2D eigenvalue weighted by atomic mass is 79.9. The van der Waals surface area contributed by atoms with Gasteiger partial charge in [0.1, 0.15) is 5.82 Å². The smallest absolute Gasteiger partial charge is 0.313 e. The Bertz CT molecular complexity index is 608. The van der Waals surface area contributed by atoms with Gasteiger partial charge in [-0.05, 0) is 34.1 Å². The summed E-state index contributed by atoms with van der Waals surface area (Å²) in [6.07, 6.45) is 0. The Balaban J connectivity index is 2.02. The summed E-state index contributed by atoms with van der Waals surface area (Å²) in [5.41, 5.74) is 0.548. The fourth-order valence-corrected chi connectivity index (χ4v) is 2.88. The van der Waals surface area contributed by atoms with Crippen LogP contribution in [0.4, 0.5) is 15.2 Å². The molecule has 0 radical (unpaired) electrons. The number of aromatic nitrogens is 2. The van der Waals surface area contributed by atoms with Crippen LogP contribution in [0.3, 0.4) is 0 Å². The van der Waals surface area contributed by atoms with Crippen LogP contribution in [0, 0.1) is 5.82 Å². The molecule has 2 rings (SSSR count). The molecule has 0 fully saturated rings. The predicted octanol–water partition coefficient (Wildman–Crippen LogP) is 3.36. The number of rotatable bonds is 5. The van der Waals surface area contributed by atoms with E-state index in [1.165, 1.54) is 17.4 Å². The van der Waals surface area contributed by atoms with Crippen molar-refractivity contribution in [3.63, 3.8) is 0 Å². The van der Waals surface area contributed by atoms with Crippen molar-refractivity contribution in [3.8, 4) is 0 Å². The van der Waals surface area contributed by atoms with E-state index in [1.54, 1.807) is 12.1 Å². The van der Waals surface area contributed by atoms with Crippen LogP contribution < -0.4 is 5.32 Å². The van der Waals surface area contributed by atoms with Crippen molar-refractivity contribution in [2.45, 2.75) is 4.34 Å². The second-order valence-electron chi connectivity index (χ2n) is 3.31. The molecule has 0 saturated heterocycles. The largest absolute Gasteiger partial charge is 0.481 e. The predicted molar refractivity (Wildman–Crippen MR) is 75.7 cm³/mol. The maximum atomic E-state index is 13.3. The highest BCUT2D eigenvalue weighted by molar-refractivity contribution is 9.10. The molecule has 1 aromatic carbocycles. The van der Waals surface area contributed by atoms with Gasteiger partial charge in [-0.15, -0.1) is 10.2 Å². The number of carbonyl (C=O) groups is 1. The van der Waals surface area contributed by atoms with Gasteiger partial charge < -0.3 is 10.4 Å². The fourth-order valence-electron chi connectivity index (χ4n) is 1.14. The number of hydrogen-bond acceptors (Lipinski definition) is 6. The van der Waals surface area contributed by atoms with E-state index < -0.39 is 5.97 Å². The van der Waals surface area contributed by atoms with E-state index >= 15 is 0 Å². The number of nitrogens with one attached hydrogen (secondary N) is 1. The lowest BCUT2D eigenvalue weighted by atomic mass is 10.3. The van der Waals surface area contributed by atoms with E-state index in [1.807, 2.05) is 0 Å². The van der Waals surface area contributed by atoms with Crippen LogP contribution in [0.1, 0.15) is 0 Å². The Hall–Kier alpha value is -1.19. The van der Waals surface area contributed by atoms with E-state index in [4.69, 9.17) is 5.11 Å². The highest BCUT2D eigenvalue weighted by Crippen LogP contribution is 2.28. The number of anilines is 2. The lowest BCUT2D eigenvalue weighted by molar-refractivity contribution is -0.133. The zero-order valence-corrected chi connectivity index (χ0v) is 12.5. The summed E-state index contributed by atoms with van der Waals surface area (Å²) < 4.78 is 14.2. The molecule has 0 spiro atoms. The van der Waals surface area contributed by atoms with E-state index in [-0.39, 0.29) is 11.6 Å². The van der Waals surface area contributed by atoms with Crippen LogP contribution in [0.2, 0.25) is 0 Å². The molecular weight excluding hydrogens is 357 g/mol. The molecule has 0 aliphatic rings. The fraction of sp³-hybridized carbons (Fsp3) is 0.100. The van der Waals surface area contributed by atoms with Crippen molar-refractivity contribution in [1.29, 1.82) is 0 Å². The Morgan fingerprint density at radius 2 is 2.32 bits per heavy atom. The summed E-state index contributed by atoms with van der Waals surface area (Å²) >= 11 is 5.37. The van der Waals surface area contributed by atoms with Gasteiger partial charge in [-0.3, -0.25) is 4.79 Å². The molecule has 1 aromatic heterocycles. The molecular formula is C10H7BrFN3O2S2. The zero-order chi connectivity index (χ0) is 13.8. The van der Waals surface area contributed by atoms with Crippen molar-refractivity contribution in [3.05, 3.63) is 28.5 Å². The number of carboxylic acid groups (broad SMARTS) is 1. The van der Waals surface area contributed by atoms with Gasteiger partial charge >= 0.3 is 5.97 Å². The van der Waals surface area contributed by atoms with Gasteiger partial charge in [0.2, 0.25) is 5.13 Å². The summed E-state index contributed by atoms with van der Waals surface area (Å²) in [6, 6.07) is 4.60. The zero-order valence-electron chi connectivity index (χ0n) is 9.26. The quantitative estimate of drug-likeness (QED) is 0.793. The van der Waals surface area contributed by atoms with Gasteiger partial charge in [0.15, 0.2) is 4.34 Å². The molecule has 100 valence electrons. The molecule has 0 aliphatic carbocycles. The second kappa shape index (κ2) is 6.31.